The van der Waals surface area contributed by atoms with Crippen LogP contribution in [0.1, 0.15) is 97.5 Å². The fraction of sp³-hybridized carbons (Fsp3) is 0.193. The van der Waals surface area contributed by atoms with Crippen molar-refractivity contribution in [3.05, 3.63) is 225 Å². The van der Waals surface area contributed by atoms with Gasteiger partial charge in [0.2, 0.25) is 0 Å². The molecule has 0 unspecified atom stereocenters. The molecule has 0 spiro atoms. The van der Waals surface area contributed by atoms with Gasteiger partial charge in [-0.3, -0.25) is 0 Å². The highest BCUT2D eigenvalue weighted by molar-refractivity contribution is 6.00. The molecule has 1 nitrogen and oxygen atoms in total. The van der Waals surface area contributed by atoms with Gasteiger partial charge in [-0.1, -0.05) is 161 Å². The fourth-order valence-electron chi connectivity index (χ4n) is 10.7. The molecule has 0 heterocycles. The van der Waals surface area contributed by atoms with E-state index in [1.54, 1.807) is 5.57 Å². The van der Waals surface area contributed by atoms with Crippen LogP contribution in [0, 0.1) is 0 Å². The largest absolute Gasteiger partial charge is 0.310 e. The normalized spacial score (nSPS) is 18.7. The predicted octanol–water partition coefficient (Wildman–Crippen LogP) is 14.8. The molecule has 0 amide bonds. The number of benzene rings is 5. The second-order valence-corrected chi connectivity index (χ2v) is 17.6. The van der Waals surface area contributed by atoms with Gasteiger partial charge in [0.15, 0.2) is 0 Å². The second-order valence-electron chi connectivity index (χ2n) is 17.6. The summed E-state index contributed by atoms with van der Waals surface area (Å²) >= 11 is 0. The van der Waals surface area contributed by atoms with Crippen LogP contribution in [-0.2, 0) is 23.7 Å². The van der Waals surface area contributed by atoms with E-state index < -0.39 is 0 Å². The van der Waals surface area contributed by atoms with Gasteiger partial charge in [-0.25, -0.2) is 0 Å². The van der Waals surface area contributed by atoms with Gasteiger partial charge in [-0.2, -0.15) is 0 Å². The molecular formula is C57H51N. The number of nitrogens with zero attached hydrogens (tertiary/aromatic N) is 1. The summed E-state index contributed by atoms with van der Waals surface area (Å²) in [4.78, 5) is 2.47. The standard InChI is InChI=1S/C57H51N/c1-7-17-41(24-15-20-38-18-9-8-10-19-38)58(42-28-30-47-48-27-16-23-39-21-11-13-25-44(39)37(2)55(48)57(5,6)52(47)35-42)43-29-31-49-53(36-43)56(3,4)51-33-32-46-45-26-14-12-22-40(45)34-50(46)54(49)51/h7-11,13-21,24-33,35-36H,2,12,22-23,34H2,1,3-6H3/b17-7-,20-15+,27-16-,41-24+. The Hall–Kier alpha value is -6.18. The van der Waals surface area contributed by atoms with Gasteiger partial charge >= 0.3 is 0 Å². The highest BCUT2D eigenvalue weighted by Gasteiger charge is 2.41. The van der Waals surface area contributed by atoms with E-state index in [9.17, 15) is 0 Å². The van der Waals surface area contributed by atoms with Gasteiger partial charge in [0.05, 0.1) is 0 Å². The summed E-state index contributed by atoms with van der Waals surface area (Å²) in [7, 11) is 0. The number of rotatable bonds is 6. The van der Waals surface area contributed by atoms with Crippen LogP contribution in [0.2, 0.25) is 0 Å². The smallest absolute Gasteiger partial charge is 0.0465 e. The Morgan fingerprint density at radius 2 is 1.40 bits per heavy atom. The van der Waals surface area contributed by atoms with Gasteiger partial charge in [-0.15, -0.1) is 0 Å². The van der Waals surface area contributed by atoms with Crippen LogP contribution < -0.4 is 4.90 Å². The molecular weight excluding hydrogens is 699 g/mol. The summed E-state index contributed by atoms with van der Waals surface area (Å²) in [5.74, 6) is 0. The molecule has 58 heavy (non-hydrogen) atoms. The van der Waals surface area contributed by atoms with Crippen LogP contribution in [-0.4, -0.2) is 0 Å². The first-order chi connectivity index (χ1) is 28.2. The van der Waals surface area contributed by atoms with E-state index in [0.717, 1.165) is 41.9 Å². The Balaban J connectivity index is 1.12. The minimum absolute atomic E-state index is 0.138. The zero-order chi connectivity index (χ0) is 39.8. The molecule has 0 aliphatic heterocycles. The van der Waals surface area contributed by atoms with E-state index in [4.69, 9.17) is 6.58 Å². The maximum atomic E-state index is 4.77. The maximum absolute atomic E-state index is 4.77. The highest BCUT2D eigenvalue weighted by atomic mass is 15.1. The average molecular weight is 750 g/mol. The molecule has 10 rings (SSSR count). The van der Waals surface area contributed by atoms with E-state index in [0.29, 0.717) is 0 Å². The number of hydrogen-bond donors (Lipinski definition) is 0. The Bertz CT molecular complexity index is 2780. The van der Waals surface area contributed by atoms with Crippen molar-refractivity contribution in [1.29, 1.82) is 0 Å². The zero-order valence-electron chi connectivity index (χ0n) is 34.5. The number of fused-ring (bicyclic) bond motifs is 9. The van der Waals surface area contributed by atoms with Crippen molar-refractivity contribution in [1.82, 2.24) is 0 Å². The molecule has 0 aromatic heterocycles. The lowest BCUT2D eigenvalue weighted by atomic mass is 9.75. The third kappa shape index (κ3) is 5.58. The van der Waals surface area contributed by atoms with E-state index in [1.807, 2.05) is 0 Å². The Morgan fingerprint density at radius 3 is 2.19 bits per heavy atom. The predicted molar refractivity (Wildman–Crippen MR) is 248 cm³/mol. The minimum atomic E-state index is -0.250. The van der Waals surface area contributed by atoms with Gasteiger partial charge < -0.3 is 4.90 Å². The van der Waals surface area contributed by atoms with Crippen LogP contribution in [0.15, 0.2) is 175 Å². The maximum Gasteiger partial charge on any atom is 0.0465 e. The summed E-state index contributed by atoms with van der Waals surface area (Å²) in [6.45, 7) is 16.5. The van der Waals surface area contributed by atoms with Crippen molar-refractivity contribution in [3.8, 4) is 11.1 Å². The highest BCUT2D eigenvalue weighted by Crippen LogP contribution is 2.56. The van der Waals surface area contributed by atoms with Gasteiger partial charge in [0, 0.05) is 27.9 Å². The van der Waals surface area contributed by atoms with Crippen molar-refractivity contribution >= 4 is 34.2 Å². The van der Waals surface area contributed by atoms with Crippen molar-refractivity contribution in [2.75, 3.05) is 4.90 Å². The average Bonchev–Trinajstić information content (AvgIpc) is 3.80. The van der Waals surface area contributed by atoms with Gasteiger partial charge in [0.25, 0.3) is 0 Å². The summed E-state index contributed by atoms with van der Waals surface area (Å²) in [5.41, 5.74) is 24.9. The van der Waals surface area contributed by atoms with E-state index in [1.165, 1.54) is 84.3 Å². The van der Waals surface area contributed by atoms with E-state index in [2.05, 4.69) is 197 Å². The number of allylic oxidation sites excluding steroid dienone is 13. The summed E-state index contributed by atoms with van der Waals surface area (Å²) < 4.78 is 0. The first-order valence-electron chi connectivity index (χ1n) is 21.1. The van der Waals surface area contributed by atoms with Crippen LogP contribution >= 0.6 is 0 Å². The lowest BCUT2D eigenvalue weighted by Crippen LogP contribution is -2.21. The van der Waals surface area contributed by atoms with Crippen molar-refractivity contribution in [2.45, 2.75) is 71.1 Å². The molecule has 0 saturated heterocycles. The molecule has 0 N–H and O–H groups in total. The molecule has 0 saturated carbocycles. The SMILES string of the molecule is C=C1C2=C(/C=C\Cc3ccccc31)c1ccc(N(C(/C=C\C)=C/C=C/c3ccccc3)c3ccc4c(c3)C(C)(C)c3ccc5c(c3-4)CC3=C5C=CCC3)cc1C2(C)C. The molecule has 0 atom stereocenters. The molecule has 0 bridgehead atoms. The lowest BCUT2D eigenvalue weighted by Gasteiger charge is -2.31. The van der Waals surface area contributed by atoms with Crippen molar-refractivity contribution < 1.29 is 0 Å². The quantitative estimate of drug-likeness (QED) is 0.156. The van der Waals surface area contributed by atoms with E-state index in [-0.39, 0.29) is 10.8 Å². The summed E-state index contributed by atoms with van der Waals surface area (Å²) in [6.07, 6.45) is 24.7. The van der Waals surface area contributed by atoms with Crippen LogP contribution in [0.25, 0.3) is 33.9 Å². The molecule has 0 fully saturated rings. The first kappa shape index (κ1) is 36.2. The Labute approximate surface area is 345 Å². The summed E-state index contributed by atoms with van der Waals surface area (Å²) in [5, 5.41) is 0. The lowest BCUT2D eigenvalue weighted by molar-refractivity contribution is 0.658. The molecule has 5 aliphatic rings. The topological polar surface area (TPSA) is 3.24 Å². The number of hydrogen-bond acceptors (Lipinski definition) is 1. The third-order valence-electron chi connectivity index (χ3n) is 13.5. The molecule has 5 aromatic carbocycles. The second kappa shape index (κ2) is 13.7. The molecule has 5 aromatic rings. The summed E-state index contributed by atoms with van der Waals surface area (Å²) in [6, 6.07) is 38.6. The third-order valence-corrected chi connectivity index (χ3v) is 13.5. The first-order valence-corrected chi connectivity index (χ1v) is 21.1. The zero-order valence-corrected chi connectivity index (χ0v) is 34.5. The minimum Gasteiger partial charge on any atom is -0.310 e. The monoisotopic (exact) mass is 749 g/mol. The van der Waals surface area contributed by atoms with Crippen molar-refractivity contribution in [2.24, 2.45) is 0 Å². The Kier molecular flexibility index (Phi) is 8.57. The molecule has 1 heteroatoms. The Morgan fingerprint density at radius 1 is 0.690 bits per heavy atom. The molecule has 0 radical (unpaired) electrons. The fourth-order valence-corrected chi connectivity index (χ4v) is 10.7. The molecule has 5 aliphatic carbocycles. The van der Waals surface area contributed by atoms with Crippen LogP contribution in [0.3, 0.4) is 0 Å². The molecule has 284 valence electrons. The van der Waals surface area contributed by atoms with Gasteiger partial charge in [-0.05, 0) is 153 Å². The van der Waals surface area contributed by atoms with Crippen molar-refractivity contribution in [3.63, 3.8) is 0 Å². The van der Waals surface area contributed by atoms with Gasteiger partial charge in [0.1, 0.15) is 0 Å². The number of anilines is 2. The van der Waals surface area contributed by atoms with Crippen LogP contribution in [0.5, 0.6) is 0 Å². The van der Waals surface area contributed by atoms with E-state index >= 15 is 0 Å². The van der Waals surface area contributed by atoms with Crippen LogP contribution in [0.4, 0.5) is 11.4 Å².